The van der Waals surface area contributed by atoms with Crippen LogP contribution in [0.2, 0.25) is 0 Å². The molecule has 1 heterocycles. The number of nitrogens with one attached hydrogen (secondary N) is 1. The first-order valence-electron chi connectivity index (χ1n) is 5.40. The van der Waals surface area contributed by atoms with Gasteiger partial charge in [-0.1, -0.05) is 6.92 Å². The van der Waals surface area contributed by atoms with E-state index < -0.39 is 6.10 Å². The third kappa shape index (κ3) is 4.59. The van der Waals surface area contributed by atoms with Gasteiger partial charge in [0.2, 0.25) is 0 Å². The molecule has 0 radical (unpaired) electrons. The summed E-state index contributed by atoms with van der Waals surface area (Å²) in [6.45, 7) is 3.90. The van der Waals surface area contributed by atoms with Crippen molar-refractivity contribution in [3.05, 3.63) is 0 Å². The Labute approximate surface area is 89.8 Å². The molecule has 5 heteroatoms. The minimum Gasteiger partial charge on any atom is -0.462 e. The van der Waals surface area contributed by atoms with Gasteiger partial charge < -0.3 is 19.9 Å². The van der Waals surface area contributed by atoms with Crippen LogP contribution in [0, 0.1) is 0 Å². The van der Waals surface area contributed by atoms with E-state index in [1.54, 1.807) is 0 Å². The van der Waals surface area contributed by atoms with Crippen molar-refractivity contribution in [2.24, 2.45) is 0 Å². The van der Waals surface area contributed by atoms with Gasteiger partial charge in [-0.05, 0) is 6.42 Å². The van der Waals surface area contributed by atoms with E-state index >= 15 is 0 Å². The lowest BCUT2D eigenvalue weighted by molar-refractivity contribution is -0.147. The highest BCUT2D eigenvalue weighted by Gasteiger charge is 2.28. The van der Waals surface area contributed by atoms with Crippen molar-refractivity contribution in [1.82, 2.24) is 5.32 Å². The number of hydrogen-bond acceptors (Lipinski definition) is 5. The molecule has 1 saturated heterocycles. The molecule has 0 bridgehead atoms. The van der Waals surface area contributed by atoms with E-state index in [1.807, 2.05) is 6.92 Å². The van der Waals surface area contributed by atoms with Crippen molar-refractivity contribution < 1.29 is 19.4 Å². The Kier molecular flexibility index (Phi) is 5.60. The molecule has 0 aromatic heterocycles. The molecule has 0 aliphatic carbocycles. The number of aliphatic hydroxyl groups excluding tert-OH is 1. The fraction of sp³-hybridized carbons (Fsp3) is 0.900. The summed E-state index contributed by atoms with van der Waals surface area (Å²) in [6, 6.07) is -0.355. The first kappa shape index (κ1) is 12.4. The van der Waals surface area contributed by atoms with E-state index in [0.717, 1.165) is 6.42 Å². The molecule has 0 unspecified atom stereocenters. The SMILES string of the molecule is CCCOCCOC(=O)[C@@H]1C[C@H](O)CN1. The van der Waals surface area contributed by atoms with Gasteiger partial charge in [-0.25, -0.2) is 0 Å². The lowest BCUT2D eigenvalue weighted by Gasteiger charge is -2.10. The number of hydrogen-bond donors (Lipinski definition) is 2. The van der Waals surface area contributed by atoms with Crippen LogP contribution in [-0.4, -0.2) is 49.6 Å². The quantitative estimate of drug-likeness (QED) is 0.471. The number of β-amino-alcohol motifs (C(OH)–C–C–N with tert-alkyl or cyclic N) is 1. The zero-order valence-corrected chi connectivity index (χ0v) is 9.07. The fourth-order valence-electron chi connectivity index (χ4n) is 1.44. The third-order valence-corrected chi connectivity index (χ3v) is 2.21. The van der Waals surface area contributed by atoms with E-state index in [-0.39, 0.29) is 18.6 Å². The standard InChI is InChI=1S/C10H19NO4/c1-2-3-14-4-5-15-10(13)9-6-8(12)7-11-9/h8-9,11-12H,2-7H2,1H3/t8-,9-/m0/s1. The van der Waals surface area contributed by atoms with Gasteiger partial charge in [-0.15, -0.1) is 0 Å². The highest BCUT2D eigenvalue weighted by molar-refractivity contribution is 5.76. The normalized spacial score (nSPS) is 25.5. The number of rotatable bonds is 6. The summed E-state index contributed by atoms with van der Waals surface area (Å²) in [5.41, 5.74) is 0. The van der Waals surface area contributed by atoms with E-state index in [1.165, 1.54) is 0 Å². The van der Waals surface area contributed by atoms with Crippen molar-refractivity contribution >= 4 is 5.97 Å². The number of ether oxygens (including phenoxy) is 2. The van der Waals surface area contributed by atoms with E-state index in [2.05, 4.69) is 5.32 Å². The van der Waals surface area contributed by atoms with Crippen LogP contribution in [0.25, 0.3) is 0 Å². The topological polar surface area (TPSA) is 67.8 Å². The largest absolute Gasteiger partial charge is 0.462 e. The Morgan fingerprint density at radius 3 is 2.87 bits per heavy atom. The van der Waals surface area contributed by atoms with Gasteiger partial charge in [-0.3, -0.25) is 4.79 Å². The monoisotopic (exact) mass is 217 g/mol. The highest BCUT2D eigenvalue weighted by Crippen LogP contribution is 2.07. The second-order valence-corrected chi connectivity index (χ2v) is 3.63. The van der Waals surface area contributed by atoms with Gasteiger partial charge in [0.15, 0.2) is 0 Å². The molecule has 1 aliphatic heterocycles. The first-order valence-corrected chi connectivity index (χ1v) is 5.40. The number of aliphatic hydroxyl groups is 1. The maximum atomic E-state index is 11.4. The van der Waals surface area contributed by atoms with Gasteiger partial charge in [0.05, 0.1) is 12.7 Å². The van der Waals surface area contributed by atoms with E-state index in [9.17, 15) is 9.90 Å². The molecule has 0 amide bonds. The lowest BCUT2D eigenvalue weighted by atomic mass is 10.2. The Balaban J connectivity index is 2.03. The molecule has 5 nitrogen and oxygen atoms in total. The van der Waals surface area contributed by atoms with Crippen molar-refractivity contribution in [1.29, 1.82) is 0 Å². The van der Waals surface area contributed by atoms with Gasteiger partial charge in [0.25, 0.3) is 0 Å². The molecule has 1 aliphatic rings. The van der Waals surface area contributed by atoms with Crippen LogP contribution in [0.1, 0.15) is 19.8 Å². The van der Waals surface area contributed by atoms with Crippen LogP contribution in [0.5, 0.6) is 0 Å². The predicted molar refractivity (Wildman–Crippen MR) is 54.5 cm³/mol. The Morgan fingerprint density at radius 1 is 1.47 bits per heavy atom. The summed E-state index contributed by atoms with van der Waals surface area (Å²) in [5.74, 6) is -0.299. The number of carbonyl (C=O) groups is 1. The molecule has 0 aromatic carbocycles. The summed E-state index contributed by atoms with van der Waals surface area (Å²) < 4.78 is 10.2. The molecule has 15 heavy (non-hydrogen) atoms. The van der Waals surface area contributed by atoms with Crippen LogP contribution in [0.4, 0.5) is 0 Å². The summed E-state index contributed by atoms with van der Waals surface area (Å²) >= 11 is 0. The molecule has 0 spiro atoms. The molecule has 0 saturated carbocycles. The Morgan fingerprint density at radius 2 is 2.27 bits per heavy atom. The van der Waals surface area contributed by atoms with Gasteiger partial charge in [-0.2, -0.15) is 0 Å². The average molecular weight is 217 g/mol. The zero-order valence-electron chi connectivity index (χ0n) is 9.07. The summed E-state index contributed by atoms with van der Waals surface area (Å²) in [7, 11) is 0. The summed E-state index contributed by atoms with van der Waals surface area (Å²) in [4.78, 5) is 11.4. The number of esters is 1. The van der Waals surface area contributed by atoms with Crippen molar-refractivity contribution in [3.63, 3.8) is 0 Å². The van der Waals surface area contributed by atoms with Crippen LogP contribution in [0.15, 0.2) is 0 Å². The minimum absolute atomic E-state index is 0.285. The molecule has 1 rings (SSSR count). The average Bonchev–Trinajstić information content (AvgIpc) is 2.64. The van der Waals surface area contributed by atoms with Gasteiger partial charge in [0.1, 0.15) is 12.6 Å². The van der Waals surface area contributed by atoms with Gasteiger partial charge >= 0.3 is 5.97 Å². The zero-order chi connectivity index (χ0) is 11.1. The molecule has 2 atom stereocenters. The second kappa shape index (κ2) is 6.76. The van der Waals surface area contributed by atoms with Crippen LogP contribution < -0.4 is 5.32 Å². The molecule has 0 aromatic rings. The maximum absolute atomic E-state index is 11.4. The highest BCUT2D eigenvalue weighted by atomic mass is 16.6. The maximum Gasteiger partial charge on any atom is 0.323 e. The minimum atomic E-state index is -0.432. The van der Waals surface area contributed by atoms with Crippen molar-refractivity contribution in [2.75, 3.05) is 26.4 Å². The van der Waals surface area contributed by atoms with Gasteiger partial charge in [0, 0.05) is 19.6 Å². The molecule has 2 N–H and O–H groups in total. The number of carbonyl (C=O) groups excluding carboxylic acids is 1. The molecule has 1 fully saturated rings. The fourth-order valence-corrected chi connectivity index (χ4v) is 1.44. The predicted octanol–water partition coefficient (Wildman–Crippen LogP) is -0.321. The third-order valence-electron chi connectivity index (χ3n) is 2.21. The van der Waals surface area contributed by atoms with Crippen molar-refractivity contribution in [2.45, 2.75) is 31.9 Å². The van der Waals surface area contributed by atoms with Crippen molar-refractivity contribution in [3.8, 4) is 0 Å². The second-order valence-electron chi connectivity index (χ2n) is 3.63. The molecule has 88 valence electrons. The smallest absolute Gasteiger partial charge is 0.323 e. The molecular formula is C10H19NO4. The summed E-state index contributed by atoms with van der Waals surface area (Å²) in [6.07, 6.45) is 0.970. The summed E-state index contributed by atoms with van der Waals surface area (Å²) in [5, 5.41) is 12.1. The lowest BCUT2D eigenvalue weighted by Crippen LogP contribution is -2.33. The van der Waals surface area contributed by atoms with Crippen LogP contribution >= 0.6 is 0 Å². The first-order chi connectivity index (χ1) is 7.24. The van der Waals surface area contributed by atoms with E-state index in [4.69, 9.17) is 9.47 Å². The Hall–Kier alpha value is -0.650. The van der Waals surface area contributed by atoms with Crippen LogP contribution in [0.3, 0.4) is 0 Å². The van der Waals surface area contributed by atoms with Crippen LogP contribution in [-0.2, 0) is 14.3 Å². The van der Waals surface area contributed by atoms with E-state index in [0.29, 0.717) is 26.2 Å². The molecular weight excluding hydrogens is 198 g/mol. The Bertz CT molecular complexity index is 198.